The quantitative estimate of drug-likeness (QED) is 0.594. The summed E-state index contributed by atoms with van der Waals surface area (Å²) >= 11 is 0. The first-order valence-electron chi connectivity index (χ1n) is 11.6. The first-order chi connectivity index (χ1) is 16.2. The summed E-state index contributed by atoms with van der Waals surface area (Å²) in [5.41, 5.74) is 6.27. The maximum Gasteiger partial charge on any atom is 0.247 e. The van der Waals surface area contributed by atoms with E-state index in [0.29, 0.717) is 32.5 Å². The average Bonchev–Trinajstić information content (AvgIpc) is 3.26. The molecule has 1 aromatic heterocycles. The smallest absolute Gasteiger partial charge is 0.247 e. The Morgan fingerprint density at radius 2 is 1.74 bits per heavy atom. The number of rotatable bonds is 6. The number of benzene rings is 2. The summed E-state index contributed by atoms with van der Waals surface area (Å²) in [7, 11) is 0. The van der Waals surface area contributed by atoms with Crippen molar-refractivity contribution < 1.29 is 9.59 Å². The van der Waals surface area contributed by atoms with E-state index in [0.717, 1.165) is 16.5 Å². The summed E-state index contributed by atoms with van der Waals surface area (Å²) in [6.07, 6.45) is 3.03. The predicted octanol–water partition coefficient (Wildman–Crippen LogP) is 2.95. The van der Waals surface area contributed by atoms with Crippen molar-refractivity contribution in [2.75, 3.05) is 13.1 Å². The molecular formula is C27H31N5O2. The lowest BCUT2D eigenvalue weighted by atomic mass is 9.74. The Morgan fingerprint density at radius 3 is 2.38 bits per heavy atom. The van der Waals surface area contributed by atoms with E-state index < -0.39 is 17.0 Å². The molecule has 34 heavy (non-hydrogen) atoms. The lowest BCUT2D eigenvalue weighted by Crippen LogP contribution is -2.58. The second-order valence-electron chi connectivity index (χ2n) is 9.66. The van der Waals surface area contributed by atoms with Crippen LogP contribution in [-0.4, -0.2) is 46.0 Å². The van der Waals surface area contributed by atoms with Crippen molar-refractivity contribution in [3.63, 3.8) is 0 Å². The van der Waals surface area contributed by atoms with Gasteiger partial charge in [0.2, 0.25) is 11.8 Å². The van der Waals surface area contributed by atoms with Gasteiger partial charge in [-0.15, -0.1) is 0 Å². The molecule has 2 aromatic carbocycles. The second-order valence-corrected chi connectivity index (χ2v) is 9.66. The van der Waals surface area contributed by atoms with Gasteiger partial charge in [0.25, 0.3) is 0 Å². The van der Waals surface area contributed by atoms with E-state index in [9.17, 15) is 14.9 Å². The lowest BCUT2D eigenvalue weighted by molar-refractivity contribution is -0.139. The molecule has 1 atom stereocenters. The van der Waals surface area contributed by atoms with Gasteiger partial charge in [-0.2, -0.15) is 5.26 Å². The first-order valence-corrected chi connectivity index (χ1v) is 11.6. The van der Waals surface area contributed by atoms with Crippen LogP contribution in [-0.2, 0) is 21.5 Å². The van der Waals surface area contributed by atoms with E-state index in [1.807, 2.05) is 71.4 Å². The first kappa shape index (κ1) is 23.5. The third kappa shape index (κ3) is 4.68. The monoisotopic (exact) mass is 457 g/mol. The number of aromatic nitrogens is 1. The third-order valence-electron chi connectivity index (χ3n) is 6.72. The van der Waals surface area contributed by atoms with Crippen LogP contribution in [0.2, 0.25) is 0 Å². The SMILES string of the molecule is CC(C)(N)C(=O)N[C@H](Cn1ccc2ccccc21)C(=O)N1CCC(C#N)(c2ccccc2)CC1. The van der Waals surface area contributed by atoms with Crippen LogP contribution in [0, 0.1) is 11.3 Å². The number of piperidine rings is 1. The Kier molecular flexibility index (Phi) is 6.45. The third-order valence-corrected chi connectivity index (χ3v) is 6.72. The fraction of sp³-hybridized carbons (Fsp3) is 0.370. The van der Waals surface area contributed by atoms with E-state index in [1.165, 1.54) is 0 Å². The summed E-state index contributed by atoms with van der Waals surface area (Å²) in [6.45, 7) is 4.44. The van der Waals surface area contributed by atoms with Crippen LogP contribution in [0.15, 0.2) is 66.9 Å². The molecule has 4 rings (SSSR count). The molecule has 1 aliphatic rings. The summed E-state index contributed by atoms with van der Waals surface area (Å²) in [6, 6.07) is 21.4. The van der Waals surface area contributed by atoms with Crippen molar-refractivity contribution in [3.05, 3.63) is 72.4 Å². The number of nitrogens with zero attached hydrogens (tertiary/aromatic N) is 3. The van der Waals surface area contributed by atoms with Gasteiger partial charge >= 0.3 is 0 Å². The number of carbonyl (C=O) groups is 2. The van der Waals surface area contributed by atoms with Gasteiger partial charge in [-0.3, -0.25) is 9.59 Å². The Balaban J connectivity index is 1.55. The molecule has 0 bridgehead atoms. The number of fused-ring (bicyclic) bond motifs is 1. The van der Waals surface area contributed by atoms with Gasteiger partial charge in [0.05, 0.1) is 23.6 Å². The second kappa shape index (κ2) is 9.32. The highest BCUT2D eigenvalue weighted by Crippen LogP contribution is 2.35. The zero-order valence-electron chi connectivity index (χ0n) is 19.7. The fourth-order valence-electron chi connectivity index (χ4n) is 4.58. The van der Waals surface area contributed by atoms with Crippen molar-refractivity contribution >= 4 is 22.7 Å². The summed E-state index contributed by atoms with van der Waals surface area (Å²) in [5.74, 6) is -0.537. The van der Waals surface area contributed by atoms with Gasteiger partial charge in [0.15, 0.2) is 0 Å². The highest BCUT2D eigenvalue weighted by atomic mass is 16.2. The number of hydrogen-bond acceptors (Lipinski definition) is 4. The Morgan fingerprint density at radius 1 is 1.09 bits per heavy atom. The maximum absolute atomic E-state index is 13.6. The van der Waals surface area contributed by atoms with Crippen molar-refractivity contribution in [1.29, 1.82) is 5.26 Å². The van der Waals surface area contributed by atoms with Crippen molar-refractivity contribution in [2.45, 2.75) is 50.2 Å². The van der Waals surface area contributed by atoms with Gasteiger partial charge in [-0.1, -0.05) is 48.5 Å². The molecule has 2 heterocycles. The van der Waals surface area contributed by atoms with E-state index in [4.69, 9.17) is 5.73 Å². The molecule has 1 saturated heterocycles. The van der Waals surface area contributed by atoms with Crippen molar-refractivity contribution in [2.24, 2.45) is 5.73 Å². The van der Waals surface area contributed by atoms with E-state index in [2.05, 4.69) is 11.4 Å². The molecule has 0 unspecified atom stereocenters. The number of hydrogen-bond donors (Lipinski definition) is 2. The number of carbonyl (C=O) groups excluding carboxylic acids is 2. The molecular weight excluding hydrogens is 426 g/mol. The van der Waals surface area contributed by atoms with Crippen LogP contribution in [0.1, 0.15) is 32.3 Å². The minimum absolute atomic E-state index is 0.157. The molecule has 0 spiro atoms. The number of para-hydroxylation sites is 1. The van der Waals surface area contributed by atoms with Crippen LogP contribution in [0.5, 0.6) is 0 Å². The summed E-state index contributed by atoms with van der Waals surface area (Å²) in [5, 5.41) is 13.9. The van der Waals surface area contributed by atoms with Crippen LogP contribution in [0.4, 0.5) is 0 Å². The van der Waals surface area contributed by atoms with Crippen LogP contribution >= 0.6 is 0 Å². The Labute approximate surface area is 200 Å². The number of likely N-dealkylation sites (tertiary alicyclic amines) is 1. The van der Waals surface area contributed by atoms with Crippen LogP contribution in [0.3, 0.4) is 0 Å². The molecule has 0 saturated carbocycles. The number of nitriles is 1. The van der Waals surface area contributed by atoms with Crippen molar-refractivity contribution in [3.8, 4) is 6.07 Å². The largest absolute Gasteiger partial charge is 0.345 e. The van der Waals surface area contributed by atoms with Crippen LogP contribution < -0.4 is 11.1 Å². The highest BCUT2D eigenvalue weighted by Gasteiger charge is 2.39. The molecule has 2 amide bonds. The van der Waals surface area contributed by atoms with Gasteiger partial charge in [0.1, 0.15) is 6.04 Å². The number of nitrogens with one attached hydrogen (secondary N) is 1. The molecule has 1 fully saturated rings. The predicted molar refractivity (Wildman–Crippen MR) is 132 cm³/mol. The minimum atomic E-state index is -1.11. The molecule has 0 aliphatic carbocycles. The zero-order chi connectivity index (χ0) is 24.3. The molecule has 0 radical (unpaired) electrons. The molecule has 7 heteroatoms. The van der Waals surface area contributed by atoms with E-state index in [-0.39, 0.29) is 11.8 Å². The lowest BCUT2D eigenvalue weighted by Gasteiger charge is -2.39. The molecule has 7 nitrogen and oxygen atoms in total. The summed E-state index contributed by atoms with van der Waals surface area (Å²) < 4.78 is 1.98. The summed E-state index contributed by atoms with van der Waals surface area (Å²) in [4.78, 5) is 28.1. The Hall–Kier alpha value is -3.63. The molecule has 3 aromatic rings. The number of amides is 2. The van der Waals surface area contributed by atoms with Crippen LogP contribution in [0.25, 0.3) is 10.9 Å². The number of nitrogens with two attached hydrogens (primary N) is 1. The topological polar surface area (TPSA) is 104 Å². The van der Waals surface area contributed by atoms with E-state index >= 15 is 0 Å². The normalized spacial score (nSPS) is 16.6. The van der Waals surface area contributed by atoms with Gasteiger partial charge in [-0.25, -0.2) is 0 Å². The molecule has 3 N–H and O–H groups in total. The molecule has 176 valence electrons. The standard InChI is InChI=1S/C27H31N5O2/c1-26(2,29)25(34)30-22(18-32-15-12-20-8-6-7-11-23(20)32)24(33)31-16-13-27(19-28,14-17-31)21-9-4-3-5-10-21/h3-12,15,22H,13-14,16-18,29H2,1-2H3,(H,30,34)/t22-/m1/s1. The fourth-order valence-corrected chi connectivity index (χ4v) is 4.58. The maximum atomic E-state index is 13.6. The Bertz CT molecular complexity index is 1210. The highest BCUT2D eigenvalue weighted by molar-refractivity contribution is 5.91. The van der Waals surface area contributed by atoms with Gasteiger partial charge in [-0.05, 0) is 49.8 Å². The van der Waals surface area contributed by atoms with Gasteiger partial charge < -0.3 is 20.5 Å². The van der Waals surface area contributed by atoms with E-state index in [1.54, 1.807) is 18.7 Å². The minimum Gasteiger partial charge on any atom is -0.345 e. The van der Waals surface area contributed by atoms with Crippen molar-refractivity contribution in [1.82, 2.24) is 14.8 Å². The molecule has 1 aliphatic heterocycles. The average molecular weight is 458 g/mol. The zero-order valence-corrected chi connectivity index (χ0v) is 19.7. The van der Waals surface area contributed by atoms with Gasteiger partial charge in [0, 0.05) is 24.8 Å².